The molecule has 0 spiro atoms. The largest absolute Gasteiger partial charge is 0.493 e. The van der Waals surface area contributed by atoms with Crippen molar-refractivity contribution in [2.45, 2.75) is 25.0 Å². The maximum absolute atomic E-state index is 6.52. The third-order valence-corrected chi connectivity index (χ3v) is 6.08. The minimum absolute atomic E-state index is 0.0295. The van der Waals surface area contributed by atoms with E-state index in [1.54, 1.807) is 21.3 Å². The molecule has 5 rings (SSSR count). The van der Waals surface area contributed by atoms with Crippen LogP contribution in [0.2, 0.25) is 0 Å². The average Bonchev–Trinajstić information content (AvgIpc) is 3.29. The van der Waals surface area contributed by atoms with E-state index in [4.69, 9.17) is 28.4 Å². The molecule has 0 amide bonds. The number of anilines is 1. The van der Waals surface area contributed by atoms with Gasteiger partial charge in [0.15, 0.2) is 28.7 Å². The molecule has 0 aliphatic carbocycles. The highest BCUT2D eigenvalue weighted by molar-refractivity contribution is 5.60. The van der Waals surface area contributed by atoms with Gasteiger partial charge in [-0.05, 0) is 42.8 Å². The fourth-order valence-electron chi connectivity index (χ4n) is 4.59. The number of nitrogens with one attached hydrogen (secondary N) is 1. The minimum Gasteiger partial charge on any atom is -0.493 e. The van der Waals surface area contributed by atoms with Crippen molar-refractivity contribution in [2.75, 3.05) is 33.4 Å². The maximum atomic E-state index is 6.52. The Morgan fingerprint density at radius 2 is 1.52 bits per heavy atom. The van der Waals surface area contributed by atoms with Crippen molar-refractivity contribution in [1.29, 1.82) is 0 Å². The van der Waals surface area contributed by atoms with Crippen LogP contribution in [0.15, 0.2) is 54.6 Å². The molecule has 0 bridgehead atoms. The average molecular weight is 450 g/mol. The summed E-state index contributed by atoms with van der Waals surface area (Å²) in [6.07, 6.45) is 0.660. The van der Waals surface area contributed by atoms with Crippen molar-refractivity contribution in [3.8, 4) is 34.5 Å². The molecule has 0 saturated heterocycles. The van der Waals surface area contributed by atoms with E-state index in [0.717, 1.165) is 28.3 Å². The Bertz CT molecular complexity index is 1140. The van der Waals surface area contributed by atoms with Gasteiger partial charge in [-0.25, -0.2) is 0 Å². The molecular weight excluding hydrogens is 422 g/mol. The summed E-state index contributed by atoms with van der Waals surface area (Å²) in [4.78, 5) is 0. The zero-order chi connectivity index (χ0) is 23.0. The lowest BCUT2D eigenvalue weighted by Crippen LogP contribution is -2.45. The van der Waals surface area contributed by atoms with Crippen molar-refractivity contribution in [3.05, 3.63) is 65.7 Å². The Kier molecular flexibility index (Phi) is 5.32. The van der Waals surface area contributed by atoms with Gasteiger partial charge < -0.3 is 33.7 Å². The second-order valence-corrected chi connectivity index (χ2v) is 8.28. The highest BCUT2D eigenvalue weighted by Crippen LogP contribution is 2.51. The van der Waals surface area contributed by atoms with Crippen LogP contribution in [0.25, 0.3) is 0 Å². The first-order valence-electron chi connectivity index (χ1n) is 10.8. The molecule has 7 heteroatoms. The Morgan fingerprint density at radius 1 is 0.848 bits per heavy atom. The molecular formula is C26H27NO6. The van der Waals surface area contributed by atoms with Crippen molar-refractivity contribution in [2.24, 2.45) is 0 Å². The van der Waals surface area contributed by atoms with Crippen LogP contribution in [0, 0.1) is 0 Å². The molecule has 7 nitrogen and oxygen atoms in total. The Hall–Kier alpha value is -3.74. The molecule has 2 aliphatic heterocycles. The lowest BCUT2D eigenvalue weighted by atomic mass is 9.81. The van der Waals surface area contributed by atoms with Crippen LogP contribution < -0.4 is 33.7 Å². The van der Waals surface area contributed by atoms with Gasteiger partial charge in [-0.2, -0.15) is 0 Å². The normalized spacial score (nSPS) is 20.4. The standard InChI is InChI=1S/C26H27NO6/c1-26(27-17-8-6-5-7-9-17)14-19(16-10-23(28-2)25(30-4)24(11-16)29-3)18-12-21-22(32-15-31-21)13-20(18)33-26/h5-13,19,27H,14-15H2,1-4H3/t19-,26-/m1/s1. The van der Waals surface area contributed by atoms with E-state index in [2.05, 4.69) is 12.2 Å². The van der Waals surface area contributed by atoms with E-state index in [1.807, 2.05) is 54.6 Å². The van der Waals surface area contributed by atoms with E-state index in [-0.39, 0.29) is 12.7 Å². The highest BCUT2D eigenvalue weighted by atomic mass is 16.7. The van der Waals surface area contributed by atoms with Gasteiger partial charge in [-0.15, -0.1) is 0 Å². The Morgan fingerprint density at radius 3 is 2.15 bits per heavy atom. The first-order chi connectivity index (χ1) is 16.0. The number of rotatable bonds is 6. The van der Waals surface area contributed by atoms with Gasteiger partial charge in [0, 0.05) is 29.7 Å². The summed E-state index contributed by atoms with van der Waals surface area (Å²) >= 11 is 0. The van der Waals surface area contributed by atoms with Crippen LogP contribution in [-0.2, 0) is 0 Å². The maximum Gasteiger partial charge on any atom is 0.231 e. The number of methoxy groups -OCH3 is 3. The molecule has 0 aromatic heterocycles. The lowest BCUT2D eigenvalue weighted by Gasteiger charge is -2.41. The van der Waals surface area contributed by atoms with Crippen LogP contribution in [0.1, 0.15) is 30.4 Å². The molecule has 2 heterocycles. The zero-order valence-electron chi connectivity index (χ0n) is 19.1. The molecule has 3 aromatic rings. The van der Waals surface area contributed by atoms with Crippen molar-refractivity contribution < 1.29 is 28.4 Å². The Labute approximate surface area is 193 Å². The van der Waals surface area contributed by atoms with Crippen LogP contribution >= 0.6 is 0 Å². The number of para-hydroxylation sites is 1. The first kappa shape index (κ1) is 21.1. The van der Waals surface area contributed by atoms with Crippen molar-refractivity contribution >= 4 is 5.69 Å². The summed E-state index contributed by atoms with van der Waals surface area (Å²) < 4.78 is 34.6. The summed E-state index contributed by atoms with van der Waals surface area (Å²) in [5, 5.41) is 3.56. The van der Waals surface area contributed by atoms with Crippen molar-refractivity contribution in [3.63, 3.8) is 0 Å². The van der Waals surface area contributed by atoms with Gasteiger partial charge in [-0.3, -0.25) is 0 Å². The van der Waals surface area contributed by atoms with Crippen molar-refractivity contribution in [1.82, 2.24) is 0 Å². The zero-order valence-corrected chi connectivity index (χ0v) is 19.1. The van der Waals surface area contributed by atoms with Crippen LogP contribution in [0.3, 0.4) is 0 Å². The molecule has 172 valence electrons. The number of ether oxygens (including phenoxy) is 6. The summed E-state index contributed by atoms with van der Waals surface area (Å²) in [6.45, 7) is 2.26. The fraction of sp³-hybridized carbons (Fsp3) is 0.308. The summed E-state index contributed by atoms with van der Waals surface area (Å²) in [5.41, 5.74) is 2.34. The van der Waals surface area contributed by atoms with Crippen LogP contribution in [0.5, 0.6) is 34.5 Å². The quantitative estimate of drug-likeness (QED) is 0.556. The van der Waals surface area contributed by atoms with Gasteiger partial charge in [-0.1, -0.05) is 18.2 Å². The van der Waals surface area contributed by atoms with Gasteiger partial charge in [0.2, 0.25) is 12.5 Å². The fourth-order valence-corrected chi connectivity index (χ4v) is 4.59. The third kappa shape index (κ3) is 3.84. The van der Waals surface area contributed by atoms with Gasteiger partial charge >= 0.3 is 0 Å². The molecule has 1 N–H and O–H groups in total. The molecule has 0 unspecified atom stereocenters. The lowest BCUT2D eigenvalue weighted by molar-refractivity contribution is 0.0862. The molecule has 0 saturated carbocycles. The van der Waals surface area contributed by atoms with Gasteiger partial charge in [0.1, 0.15) is 5.75 Å². The van der Waals surface area contributed by atoms with E-state index >= 15 is 0 Å². The first-order valence-corrected chi connectivity index (χ1v) is 10.8. The molecule has 33 heavy (non-hydrogen) atoms. The van der Waals surface area contributed by atoms with E-state index in [9.17, 15) is 0 Å². The highest BCUT2D eigenvalue weighted by Gasteiger charge is 2.40. The van der Waals surface area contributed by atoms with E-state index in [1.165, 1.54) is 0 Å². The van der Waals surface area contributed by atoms with Gasteiger partial charge in [0.25, 0.3) is 0 Å². The monoisotopic (exact) mass is 449 g/mol. The predicted octanol–water partition coefficient (Wildman–Crippen LogP) is 5.18. The summed E-state index contributed by atoms with van der Waals surface area (Å²) in [6, 6.07) is 17.9. The van der Waals surface area contributed by atoms with Gasteiger partial charge in [0.05, 0.1) is 21.3 Å². The number of benzene rings is 3. The summed E-state index contributed by atoms with van der Waals surface area (Å²) in [7, 11) is 4.85. The molecule has 2 atom stereocenters. The van der Waals surface area contributed by atoms with Crippen LogP contribution in [-0.4, -0.2) is 33.8 Å². The SMILES string of the molecule is COc1cc([C@H]2C[C@](C)(Nc3ccccc3)Oc3cc4c(cc32)OCO4)cc(OC)c1OC. The second kappa shape index (κ2) is 8.31. The van der Waals surface area contributed by atoms with Crippen LogP contribution in [0.4, 0.5) is 5.69 Å². The molecule has 0 radical (unpaired) electrons. The minimum atomic E-state index is -0.673. The smallest absolute Gasteiger partial charge is 0.231 e. The molecule has 0 fully saturated rings. The number of hydrogen-bond acceptors (Lipinski definition) is 7. The topological polar surface area (TPSA) is 67.4 Å². The molecule has 2 aliphatic rings. The molecule has 3 aromatic carbocycles. The number of hydrogen-bond donors (Lipinski definition) is 1. The van der Waals surface area contributed by atoms with E-state index < -0.39 is 5.72 Å². The number of fused-ring (bicyclic) bond motifs is 2. The van der Waals surface area contributed by atoms with E-state index in [0.29, 0.717) is 29.4 Å². The Balaban J connectivity index is 1.63. The second-order valence-electron chi connectivity index (χ2n) is 8.28. The summed E-state index contributed by atoms with van der Waals surface area (Å²) in [5.74, 6) is 3.90. The third-order valence-electron chi connectivity index (χ3n) is 6.08. The predicted molar refractivity (Wildman–Crippen MR) is 124 cm³/mol.